The SMILES string of the molecule is CCNC(=NCCCS(C)(=O)=O)NC(C)c1ccc(C)c(F)c1. The summed E-state index contributed by atoms with van der Waals surface area (Å²) in [7, 11) is -2.96. The first-order valence-corrected chi connectivity index (χ1v) is 9.77. The van der Waals surface area contributed by atoms with Gasteiger partial charge in [-0.2, -0.15) is 0 Å². The maximum Gasteiger partial charge on any atom is 0.191 e. The van der Waals surface area contributed by atoms with E-state index in [1.165, 1.54) is 12.3 Å². The number of aliphatic imine (C=N–C) groups is 1. The number of aryl methyl sites for hydroxylation is 1. The Labute approximate surface area is 138 Å². The van der Waals surface area contributed by atoms with Crippen molar-refractivity contribution in [2.45, 2.75) is 33.2 Å². The molecule has 0 radical (unpaired) electrons. The highest BCUT2D eigenvalue weighted by atomic mass is 32.2. The van der Waals surface area contributed by atoms with Gasteiger partial charge in [0.1, 0.15) is 15.7 Å². The van der Waals surface area contributed by atoms with Crippen LogP contribution < -0.4 is 10.6 Å². The summed E-state index contributed by atoms with van der Waals surface area (Å²) in [6.07, 6.45) is 1.69. The van der Waals surface area contributed by atoms with Crippen molar-refractivity contribution in [2.24, 2.45) is 4.99 Å². The normalized spacial score (nSPS) is 13.7. The van der Waals surface area contributed by atoms with E-state index in [4.69, 9.17) is 0 Å². The largest absolute Gasteiger partial charge is 0.357 e. The zero-order valence-electron chi connectivity index (χ0n) is 14.2. The minimum absolute atomic E-state index is 0.113. The Hall–Kier alpha value is -1.63. The highest BCUT2D eigenvalue weighted by molar-refractivity contribution is 7.90. The molecule has 23 heavy (non-hydrogen) atoms. The minimum atomic E-state index is -2.96. The number of rotatable bonds is 7. The van der Waals surface area contributed by atoms with Crippen molar-refractivity contribution in [3.8, 4) is 0 Å². The van der Waals surface area contributed by atoms with Crippen LogP contribution in [0.5, 0.6) is 0 Å². The number of nitrogens with zero attached hydrogens (tertiary/aromatic N) is 1. The average molecular weight is 343 g/mol. The van der Waals surface area contributed by atoms with Crippen LogP contribution in [0, 0.1) is 12.7 Å². The summed E-state index contributed by atoms with van der Waals surface area (Å²) in [5, 5.41) is 6.30. The molecule has 130 valence electrons. The minimum Gasteiger partial charge on any atom is -0.357 e. The van der Waals surface area contributed by atoms with E-state index in [0.717, 1.165) is 5.56 Å². The molecular weight excluding hydrogens is 317 g/mol. The maximum absolute atomic E-state index is 13.7. The van der Waals surface area contributed by atoms with Gasteiger partial charge in [-0.15, -0.1) is 0 Å². The van der Waals surface area contributed by atoms with Crippen molar-refractivity contribution < 1.29 is 12.8 Å². The van der Waals surface area contributed by atoms with Gasteiger partial charge in [-0.05, 0) is 44.4 Å². The van der Waals surface area contributed by atoms with Crippen LogP contribution in [-0.2, 0) is 9.84 Å². The first-order chi connectivity index (χ1) is 10.7. The highest BCUT2D eigenvalue weighted by Gasteiger charge is 2.10. The summed E-state index contributed by atoms with van der Waals surface area (Å²) in [6, 6.07) is 5.03. The van der Waals surface area contributed by atoms with Gasteiger partial charge in [-0.1, -0.05) is 12.1 Å². The van der Waals surface area contributed by atoms with Crippen LogP contribution in [0.25, 0.3) is 0 Å². The van der Waals surface area contributed by atoms with Crippen LogP contribution in [-0.4, -0.2) is 39.5 Å². The zero-order valence-corrected chi connectivity index (χ0v) is 15.0. The Morgan fingerprint density at radius 2 is 2.09 bits per heavy atom. The van der Waals surface area contributed by atoms with E-state index in [1.54, 1.807) is 13.0 Å². The summed E-state index contributed by atoms with van der Waals surface area (Å²) in [5.74, 6) is 0.481. The topological polar surface area (TPSA) is 70.6 Å². The van der Waals surface area contributed by atoms with Gasteiger partial charge in [0, 0.05) is 19.3 Å². The van der Waals surface area contributed by atoms with Crippen molar-refractivity contribution >= 4 is 15.8 Å². The molecule has 0 aliphatic heterocycles. The fourth-order valence-electron chi connectivity index (χ4n) is 2.00. The van der Waals surface area contributed by atoms with E-state index in [2.05, 4.69) is 15.6 Å². The van der Waals surface area contributed by atoms with Crippen LogP contribution in [0.15, 0.2) is 23.2 Å². The highest BCUT2D eigenvalue weighted by Crippen LogP contribution is 2.16. The van der Waals surface area contributed by atoms with Gasteiger partial charge in [0.15, 0.2) is 5.96 Å². The van der Waals surface area contributed by atoms with Crippen molar-refractivity contribution in [2.75, 3.05) is 25.1 Å². The molecule has 0 spiro atoms. The van der Waals surface area contributed by atoms with Gasteiger partial charge < -0.3 is 10.6 Å². The first-order valence-electron chi connectivity index (χ1n) is 7.71. The second-order valence-corrected chi connectivity index (χ2v) is 7.88. The van der Waals surface area contributed by atoms with E-state index in [1.807, 2.05) is 19.9 Å². The standard InChI is InChI=1S/C16H26FN3O2S/c1-5-18-16(19-9-6-10-23(4,21)22)20-13(3)14-8-7-12(2)15(17)11-14/h7-8,11,13H,5-6,9-10H2,1-4H3,(H2,18,19,20). The molecule has 1 unspecified atom stereocenters. The number of guanidine groups is 1. The molecule has 0 fully saturated rings. The lowest BCUT2D eigenvalue weighted by atomic mass is 10.1. The Morgan fingerprint density at radius 3 is 2.65 bits per heavy atom. The van der Waals surface area contributed by atoms with E-state index in [0.29, 0.717) is 31.0 Å². The van der Waals surface area contributed by atoms with E-state index >= 15 is 0 Å². The van der Waals surface area contributed by atoms with E-state index in [-0.39, 0.29) is 17.6 Å². The van der Waals surface area contributed by atoms with Crippen LogP contribution in [0.2, 0.25) is 0 Å². The predicted octanol–water partition coefficient (Wildman–Crippen LogP) is 2.18. The first kappa shape index (κ1) is 19.4. The molecule has 2 N–H and O–H groups in total. The Morgan fingerprint density at radius 1 is 1.39 bits per heavy atom. The molecule has 0 aliphatic carbocycles. The monoisotopic (exact) mass is 343 g/mol. The van der Waals surface area contributed by atoms with Crippen LogP contribution in [0.3, 0.4) is 0 Å². The summed E-state index contributed by atoms with van der Waals surface area (Å²) >= 11 is 0. The maximum atomic E-state index is 13.7. The van der Waals surface area contributed by atoms with Crippen molar-refractivity contribution in [1.29, 1.82) is 0 Å². The van der Waals surface area contributed by atoms with Gasteiger partial charge in [0.05, 0.1) is 11.8 Å². The molecule has 0 heterocycles. The zero-order chi connectivity index (χ0) is 17.5. The Bertz CT molecular complexity index is 645. The lowest BCUT2D eigenvalue weighted by Crippen LogP contribution is -2.38. The third-order valence-electron chi connectivity index (χ3n) is 3.34. The van der Waals surface area contributed by atoms with Crippen molar-refractivity contribution in [1.82, 2.24) is 10.6 Å². The molecule has 0 saturated carbocycles. The quantitative estimate of drug-likeness (QED) is 0.452. The van der Waals surface area contributed by atoms with E-state index in [9.17, 15) is 12.8 Å². The van der Waals surface area contributed by atoms with Crippen molar-refractivity contribution in [3.63, 3.8) is 0 Å². The molecule has 1 aromatic carbocycles. The molecule has 0 saturated heterocycles. The van der Waals surface area contributed by atoms with Crippen LogP contribution in [0.1, 0.15) is 37.4 Å². The molecule has 0 amide bonds. The fraction of sp³-hybridized carbons (Fsp3) is 0.562. The van der Waals surface area contributed by atoms with Gasteiger partial charge >= 0.3 is 0 Å². The van der Waals surface area contributed by atoms with Gasteiger partial charge in [0.2, 0.25) is 0 Å². The molecule has 1 aromatic rings. The smallest absolute Gasteiger partial charge is 0.191 e. The number of hydrogen-bond acceptors (Lipinski definition) is 3. The molecule has 0 bridgehead atoms. The molecule has 7 heteroatoms. The van der Waals surface area contributed by atoms with E-state index < -0.39 is 9.84 Å². The summed E-state index contributed by atoms with van der Waals surface area (Å²) in [5.41, 5.74) is 1.44. The van der Waals surface area contributed by atoms with Crippen molar-refractivity contribution in [3.05, 3.63) is 35.1 Å². The molecule has 0 aromatic heterocycles. The fourth-order valence-corrected chi connectivity index (χ4v) is 2.66. The average Bonchev–Trinajstić information content (AvgIpc) is 2.45. The van der Waals surface area contributed by atoms with Crippen LogP contribution >= 0.6 is 0 Å². The lowest BCUT2D eigenvalue weighted by molar-refractivity contribution is 0.599. The molecule has 0 aliphatic rings. The third kappa shape index (κ3) is 7.45. The number of sulfone groups is 1. The third-order valence-corrected chi connectivity index (χ3v) is 4.37. The molecule has 1 rings (SSSR count). The predicted molar refractivity (Wildman–Crippen MR) is 93.0 cm³/mol. The number of hydrogen-bond donors (Lipinski definition) is 2. The van der Waals surface area contributed by atoms with Gasteiger partial charge in [0.25, 0.3) is 0 Å². The molecule has 1 atom stereocenters. The second-order valence-electron chi connectivity index (χ2n) is 5.62. The molecule has 5 nitrogen and oxygen atoms in total. The summed E-state index contributed by atoms with van der Waals surface area (Å²) < 4.78 is 35.9. The van der Waals surface area contributed by atoms with Gasteiger partial charge in [-0.25, -0.2) is 12.8 Å². The Balaban J connectivity index is 2.68. The number of halogens is 1. The lowest BCUT2D eigenvalue weighted by Gasteiger charge is -2.18. The van der Waals surface area contributed by atoms with Gasteiger partial charge in [-0.3, -0.25) is 4.99 Å². The summed E-state index contributed by atoms with van der Waals surface area (Å²) in [4.78, 5) is 4.36. The summed E-state index contributed by atoms with van der Waals surface area (Å²) in [6.45, 7) is 6.70. The number of benzene rings is 1. The van der Waals surface area contributed by atoms with Crippen LogP contribution in [0.4, 0.5) is 4.39 Å². The number of nitrogens with one attached hydrogen (secondary N) is 2. The second kappa shape index (κ2) is 8.86. The Kier molecular flexibility index (Phi) is 7.48. The molecular formula is C16H26FN3O2S.